The molecule has 92 valence electrons. The smallest absolute Gasteiger partial charge is 0.258 e. The van der Waals surface area contributed by atoms with Crippen LogP contribution in [0.3, 0.4) is 0 Å². The molecular weight excluding hydrogens is 282 g/mol. The largest absolute Gasteiger partial charge is 0.272 e. The molecule has 0 amide bonds. The van der Waals surface area contributed by atoms with Crippen molar-refractivity contribution in [2.75, 3.05) is 0 Å². The lowest BCUT2D eigenvalue weighted by Crippen LogP contribution is -2.08. The molecule has 0 N–H and O–H groups in total. The first-order valence-corrected chi connectivity index (χ1v) is 6.96. The van der Waals surface area contributed by atoms with E-state index in [2.05, 4.69) is 15.9 Å². The van der Waals surface area contributed by atoms with Gasteiger partial charge in [-0.05, 0) is 31.6 Å². The number of para-hydroxylation sites is 1. The van der Waals surface area contributed by atoms with Crippen molar-refractivity contribution in [3.63, 3.8) is 0 Å². The van der Waals surface area contributed by atoms with Crippen molar-refractivity contribution in [2.24, 2.45) is 5.92 Å². The van der Waals surface area contributed by atoms with Crippen LogP contribution in [0.2, 0.25) is 0 Å². The van der Waals surface area contributed by atoms with Gasteiger partial charge in [0.25, 0.3) is 5.69 Å². The van der Waals surface area contributed by atoms with Gasteiger partial charge in [-0.1, -0.05) is 40.5 Å². The summed E-state index contributed by atoms with van der Waals surface area (Å²) in [4.78, 5) is 11.2. The van der Waals surface area contributed by atoms with Gasteiger partial charge in [-0.15, -0.1) is 0 Å². The second-order valence-corrected chi connectivity index (χ2v) is 5.81. The third kappa shape index (κ3) is 3.06. The molecule has 1 fully saturated rings. The van der Waals surface area contributed by atoms with E-state index in [4.69, 9.17) is 0 Å². The van der Waals surface area contributed by atoms with E-state index in [1.165, 1.54) is 19.3 Å². The molecule has 4 heteroatoms. The van der Waals surface area contributed by atoms with Crippen LogP contribution in [-0.4, -0.2) is 9.75 Å². The molecular formula is C13H16BrNO2. The minimum atomic E-state index is -0.282. The second-order valence-electron chi connectivity index (χ2n) is 4.63. The summed E-state index contributed by atoms with van der Waals surface area (Å²) >= 11 is 3.69. The van der Waals surface area contributed by atoms with E-state index in [0.29, 0.717) is 10.7 Å². The Morgan fingerprint density at radius 3 is 2.76 bits per heavy atom. The van der Waals surface area contributed by atoms with Crippen LogP contribution in [0.5, 0.6) is 0 Å². The predicted molar refractivity (Wildman–Crippen MR) is 71.5 cm³/mol. The highest BCUT2D eigenvalue weighted by molar-refractivity contribution is 9.09. The zero-order valence-electron chi connectivity index (χ0n) is 9.64. The van der Waals surface area contributed by atoms with E-state index in [1.54, 1.807) is 12.1 Å². The van der Waals surface area contributed by atoms with Crippen molar-refractivity contribution in [3.05, 3.63) is 39.9 Å². The maximum atomic E-state index is 10.9. The third-order valence-corrected chi connectivity index (χ3v) is 4.74. The van der Waals surface area contributed by atoms with Crippen LogP contribution in [0.15, 0.2) is 24.3 Å². The van der Waals surface area contributed by atoms with Gasteiger partial charge in [0.2, 0.25) is 0 Å². The molecule has 17 heavy (non-hydrogen) atoms. The minimum absolute atomic E-state index is 0.261. The molecule has 1 aliphatic carbocycles. The molecule has 0 bridgehead atoms. The van der Waals surface area contributed by atoms with Gasteiger partial charge in [-0.3, -0.25) is 10.1 Å². The number of nitro benzene ring substituents is 1. The quantitative estimate of drug-likeness (QED) is 0.477. The fraction of sp³-hybridized carbons (Fsp3) is 0.538. The molecule has 0 aromatic heterocycles. The lowest BCUT2D eigenvalue weighted by Gasteiger charge is -2.13. The number of halogens is 1. The first-order chi connectivity index (χ1) is 8.18. The molecule has 1 aromatic carbocycles. The molecule has 1 aliphatic rings. The Morgan fingerprint density at radius 2 is 2.12 bits per heavy atom. The zero-order chi connectivity index (χ0) is 12.3. The van der Waals surface area contributed by atoms with Crippen molar-refractivity contribution >= 4 is 21.6 Å². The normalized spacial score (nSPS) is 23.8. The Morgan fingerprint density at radius 1 is 1.35 bits per heavy atom. The van der Waals surface area contributed by atoms with Crippen LogP contribution >= 0.6 is 15.9 Å². The summed E-state index contributed by atoms with van der Waals surface area (Å²) in [6.07, 6.45) is 5.61. The number of hydrogen-bond acceptors (Lipinski definition) is 2. The summed E-state index contributed by atoms with van der Waals surface area (Å²) in [6, 6.07) is 7.07. The molecule has 2 unspecified atom stereocenters. The van der Waals surface area contributed by atoms with E-state index in [0.717, 1.165) is 18.4 Å². The van der Waals surface area contributed by atoms with E-state index in [-0.39, 0.29) is 10.6 Å². The number of hydrogen-bond donors (Lipinski definition) is 0. The highest BCUT2D eigenvalue weighted by atomic mass is 79.9. The van der Waals surface area contributed by atoms with Gasteiger partial charge in [0.05, 0.1) is 4.92 Å². The van der Waals surface area contributed by atoms with Crippen molar-refractivity contribution in [3.8, 4) is 0 Å². The molecule has 0 radical (unpaired) electrons. The molecule has 0 spiro atoms. The lowest BCUT2D eigenvalue weighted by atomic mass is 9.97. The van der Waals surface area contributed by atoms with Gasteiger partial charge in [-0.25, -0.2) is 0 Å². The summed E-state index contributed by atoms with van der Waals surface area (Å²) < 4.78 is 0. The summed E-state index contributed by atoms with van der Waals surface area (Å²) in [6.45, 7) is 0. The van der Waals surface area contributed by atoms with E-state index < -0.39 is 0 Å². The molecule has 2 atom stereocenters. The van der Waals surface area contributed by atoms with E-state index >= 15 is 0 Å². The van der Waals surface area contributed by atoms with Crippen LogP contribution < -0.4 is 0 Å². The highest BCUT2D eigenvalue weighted by Gasteiger charge is 2.25. The van der Waals surface area contributed by atoms with Gasteiger partial charge in [0.1, 0.15) is 0 Å². The molecule has 2 rings (SSSR count). The molecule has 0 heterocycles. The average molecular weight is 298 g/mol. The Hall–Kier alpha value is -0.900. The van der Waals surface area contributed by atoms with Gasteiger partial charge in [0, 0.05) is 16.5 Å². The zero-order valence-corrected chi connectivity index (χ0v) is 11.2. The SMILES string of the molecule is O=[N+]([O-])c1ccccc1CCC1CCCC1Br. The summed E-state index contributed by atoms with van der Waals surface area (Å²) in [5, 5.41) is 10.9. The Labute approximate surface area is 110 Å². The lowest BCUT2D eigenvalue weighted by molar-refractivity contribution is -0.385. The van der Waals surface area contributed by atoms with Gasteiger partial charge in [-0.2, -0.15) is 0 Å². The third-order valence-electron chi connectivity index (χ3n) is 3.54. The topological polar surface area (TPSA) is 43.1 Å². The number of alkyl halides is 1. The molecule has 3 nitrogen and oxygen atoms in total. The maximum Gasteiger partial charge on any atom is 0.272 e. The van der Waals surface area contributed by atoms with Crippen LogP contribution in [0.25, 0.3) is 0 Å². The fourth-order valence-corrected chi connectivity index (χ4v) is 3.41. The molecule has 1 aromatic rings. The van der Waals surface area contributed by atoms with Crippen LogP contribution in [-0.2, 0) is 6.42 Å². The standard InChI is InChI=1S/C13H16BrNO2/c14-12-6-3-5-10(12)8-9-11-4-1-2-7-13(11)15(16)17/h1-2,4,7,10,12H,3,5-6,8-9H2. The summed E-state index contributed by atoms with van der Waals surface area (Å²) in [7, 11) is 0. The molecule has 1 saturated carbocycles. The first-order valence-electron chi connectivity index (χ1n) is 6.05. The van der Waals surface area contributed by atoms with Gasteiger partial charge >= 0.3 is 0 Å². The van der Waals surface area contributed by atoms with Crippen molar-refractivity contribution in [1.82, 2.24) is 0 Å². The maximum absolute atomic E-state index is 10.9. The Kier molecular flexibility index (Phi) is 4.15. The van der Waals surface area contributed by atoms with Gasteiger partial charge in [0.15, 0.2) is 0 Å². The average Bonchev–Trinajstić information content (AvgIpc) is 2.72. The number of nitrogens with zero attached hydrogens (tertiary/aromatic N) is 1. The highest BCUT2D eigenvalue weighted by Crippen LogP contribution is 2.35. The number of rotatable bonds is 4. The van der Waals surface area contributed by atoms with Crippen LogP contribution in [0, 0.1) is 16.0 Å². The van der Waals surface area contributed by atoms with E-state index in [1.807, 2.05) is 12.1 Å². The van der Waals surface area contributed by atoms with Crippen molar-refractivity contribution in [1.29, 1.82) is 0 Å². The Bertz CT molecular complexity index is 408. The summed E-state index contributed by atoms with van der Waals surface area (Å²) in [5.41, 5.74) is 1.13. The Balaban J connectivity index is 2.01. The monoisotopic (exact) mass is 297 g/mol. The number of benzene rings is 1. The van der Waals surface area contributed by atoms with E-state index in [9.17, 15) is 10.1 Å². The second kappa shape index (κ2) is 5.63. The fourth-order valence-electron chi connectivity index (χ4n) is 2.56. The number of aryl methyl sites for hydroxylation is 1. The first kappa shape index (κ1) is 12.6. The molecule has 0 aliphatic heterocycles. The minimum Gasteiger partial charge on any atom is -0.258 e. The summed E-state index contributed by atoms with van der Waals surface area (Å²) in [5.74, 6) is 0.676. The predicted octanol–water partition coefficient (Wildman–Crippen LogP) is 4.09. The van der Waals surface area contributed by atoms with Crippen molar-refractivity contribution in [2.45, 2.75) is 36.9 Å². The van der Waals surface area contributed by atoms with Gasteiger partial charge < -0.3 is 0 Å². The molecule has 0 saturated heterocycles. The van der Waals surface area contributed by atoms with Crippen LogP contribution in [0.1, 0.15) is 31.2 Å². The van der Waals surface area contributed by atoms with Crippen LogP contribution in [0.4, 0.5) is 5.69 Å². The number of nitro groups is 1. The van der Waals surface area contributed by atoms with Crippen molar-refractivity contribution < 1.29 is 4.92 Å².